The van der Waals surface area contributed by atoms with E-state index in [-0.39, 0.29) is 12.4 Å². The second kappa shape index (κ2) is 6.45. The zero-order chi connectivity index (χ0) is 13.7. The number of nitrogens with two attached hydrogens (primary N) is 1. The van der Waals surface area contributed by atoms with Gasteiger partial charge in [-0.1, -0.05) is 18.2 Å². The molecule has 0 saturated carbocycles. The predicted octanol–water partition coefficient (Wildman–Crippen LogP) is 2.37. The molecular weight excluding hydrogens is 260 g/mol. The molecule has 0 bridgehead atoms. The summed E-state index contributed by atoms with van der Waals surface area (Å²) in [4.78, 5) is 15.8. The van der Waals surface area contributed by atoms with Crippen LogP contribution in [-0.2, 0) is 22.5 Å². The van der Waals surface area contributed by atoms with Crippen LogP contribution in [-0.4, -0.2) is 17.6 Å². The molecule has 2 N–H and O–H groups in total. The number of aromatic nitrogens is 1. The molecule has 0 amide bonds. The summed E-state index contributed by atoms with van der Waals surface area (Å²) >= 11 is 1.52. The van der Waals surface area contributed by atoms with E-state index in [1.165, 1.54) is 11.3 Å². The zero-order valence-corrected chi connectivity index (χ0v) is 11.6. The summed E-state index contributed by atoms with van der Waals surface area (Å²) in [6.07, 6.45) is 0.223. The van der Waals surface area contributed by atoms with Crippen LogP contribution in [0.2, 0.25) is 0 Å². The highest BCUT2D eigenvalue weighted by molar-refractivity contribution is 7.13. The molecule has 2 rings (SSSR count). The van der Waals surface area contributed by atoms with Crippen molar-refractivity contribution in [3.05, 3.63) is 40.9 Å². The van der Waals surface area contributed by atoms with Gasteiger partial charge in [0.15, 0.2) is 0 Å². The first kappa shape index (κ1) is 13.7. The summed E-state index contributed by atoms with van der Waals surface area (Å²) in [5.74, 6) is -0.241. The van der Waals surface area contributed by atoms with Gasteiger partial charge in [0.25, 0.3) is 0 Å². The molecule has 0 radical (unpaired) electrons. The SMILES string of the molecule is CCOC(=O)Cc1csc(-c2cccc(CN)c2)n1. The molecule has 1 heterocycles. The molecule has 0 aliphatic rings. The fourth-order valence-electron chi connectivity index (χ4n) is 1.71. The Labute approximate surface area is 116 Å². The maximum absolute atomic E-state index is 11.4. The fraction of sp³-hybridized carbons (Fsp3) is 0.286. The normalized spacial score (nSPS) is 10.4. The van der Waals surface area contributed by atoms with Crippen LogP contribution in [0.5, 0.6) is 0 Å². The number of hydrogen-bond donors (Lipinski definition) is 1. The molecule has 0 spiro atoms. The van der Waals surface area contributed by atoms with Crippen LogP contribution in [0.25, 0.3) is 10.6 Å². The van der Waals surface area contributed by atoms with Gasteiger partial charge in [0.2, 0.25) is 0 Å². The van der Waals surface area contributed by atoms with Gasteiger partial charge < -0.3 is 10.5 Å². The van der Waals surface area contributed by atoms with Crippen LogP contribution in [0.15, 0.2) is 29.6 Å². The number of ether oxygens (including phenoxy) is 1. The molecule has 100 valence electrons. The average Bonchev–Trinajstić information content (AvgIpc) is 2.87. The van der Waals surface area contributed by atoms with Crippen LogP contribution >= 0.6 is 11.3 Å². The molecule has 0 aliphatic carbocycles. The van der Waals surface area contributed by atoms with Crippen LogP contribution in [0.1, 0.15) is 18.2 Å². The Morgan fingerprint density at radius 3 is 3.05 bits per heavy atom. The maximum Gasteiger partial charge on any atom is 0.311 e. The van der Waals surface area contributed by atoms with Gasteiger partial charge in [0.1, 0.15) is 5.01 Å². The van der Waals surface area contributed by atoms with Crippen LogP contribution in [0, 0.1) is 0 Å². The Morgan fingerprint density at radius 1 is 1.47 bits per heavy atom. The van der Waals surface area contributed by atoms with E-state index in [0.717, 1.165) is 21.8 Å². The Bertz CT molecular complexity index is 566. The van der Waals surface area contributed by atoms with E-state index in [4.69, 9.17) is 10.5 Å². The smallest absolute Gasteiger partial charge is 0.311 e. The number of hydrogen-bond acceptors (Lipinski definition) is 5. The monoisotopic (exact) mass is 276 g/mol. The van der Waals surface area contributed by atoms with E-state index in [1.54, 1.807) is 6.92 Å². The highest BCUT2D eigenvalue weighted by Gasteiger charge is 2.09. The van der Waals surface area contributed by atoms with Crippen molar-refractivity contribution in [2.75, 3.05) is 6.61 Å². The van der Waals surface area contributed by atoms with Crippen molar-refractivity contribution in [2.24, 2.45) is 5.73 Å². The van der Waals surface area contributed by atoms with E-state index in [0.29, 0.717) is 13.2 Å². The number of carbonyl (C=O) groups excluding carboxylic acids is 1. The second-order valence-electron chi connectivity index (χ2n) is 4.03. The summed E-state index contributed by atoms with van der Waals surface area (Å²) in [5, 5.41) is 2.79. The summed E-state index contributed by atoms with van der Waals surface area (Å²) in [7, 11) is 0. The first-order chi connectivity index (χ1) is 9.22. The van der Waals surface area contributed by atoms with Gasteiger partial charge in [-0.3, -0.25) is 4.79 Å². The summed E-state index contributed by atoms with van der Waals surface area (Å²) in [6.45, 7) is 2.70. The van der Waals surface area contributed by atoms with Gasteiger partial charge in [-0.2, -0.15) is 0 Å². The molecule has 5 heteroatoms. The van der Waals surface area contributed by atoms with Crippen molar-refractivity contribution in [1.29, 1.82) is 0 Å². The van der Waals surface area contributed by atoms with Crippen LogP contribution in [0.3, 0.4) is 0 Å². The lowest BCUT2D eigenvalue weighted by atomic mass is 10.1. The molecular formula is C14H16N2O2S. The lowest BCUT2D eigenvalue weighted by molar-refractivity contribution is -0.142. The number of esters is 1. The molecule has 4 nitrogen and oxygen atoms in total. The molecule has 0 atom stereocenters. The first-order valence-corrected chi connectivity index (χ1v) is 7.00. The number of nitrogens with zero attached hydrogens (tertiary/aromatic N) is 1. The molecule has 1 aromatic heterocycles. The highest BCUT2D eigenvalue weighted by atomic mass is 32.1. The number of thiazole rings is 1. The van der Waals surface area contributed by atoms with E-state index >= 15 is 0 Å². The average molecular weight is 276 g/mol. The summed E-state index contributed by atoms with van der Waals surface area (Å²) in [6, 6.07) is 7.96. The van der Waals surface area contributed by atoms with Gasteiger partial charge in [-0.15, -0.1) is 11.3 Å². The van der Waals surface area contributed by atoms with Crippen LogP contribution in [0.4, 0.5) is 0 Å². The Hall–Kier alpha value is -1.72. The molecule has 0 fully saturated rings. The minimum atomic E-state index is -0.241. The third kappa shape index (κ3) is 3.62. The van der Waals surface area contributed by atoms with E-state index in [2.05, 4.69) is 4.98 Å². The van der Waals surface area contributed by atoms with E-state index in [9.17, 15) is 4.79 Å². The Kier molecular flexibility index (Phi) is 4.65. The van der Waals surface area contributed by atoms with Gasteiger partial charge in [0, 0.05) is 17.5 Å². The molecule has 0 saturated heterocycles. The number of carbonyl (C=O) groups is 1. The molecule has 0 unspecified atom stereocenters. The van der Waals surface area contributed by atoms with Gasteiger partial charge in [0.05, 0.1) is 18.7 Å². The van der Waals surface area contributed by atoms with Gasteiger partial charge in [-0.25, -0.2) is 4.98 Å². The van der Waals surface area contributed by atoms with Crippen molar-refractivity contribution >= 4 is 17.3 Å². The minimum absolute atomic E-state index is 0.223. The van der Waals surface area contributed by atoms with Crippen molar-refractivity contribution in [1.82, 2.24) is 4.98 Å². The van der Waals surface area contributed by atoms with Crippen molar-refractivity contribution in [2.45, 2.75) is 19.9 Å². The third-order valence-electron chi connectivity index (χ3n) is 2.59. The maximum atomic E-state index is 11.4. The van der Waals surface area contributed by atoms with Gasteiger partial charge >= 0.3 is 5.97 Å². The second-order valence-corrected chi connectivity index (χ2v) is 4.89. The van der Waals surface area contributed by atoms with Gasteiger partial charge in [-0.05, 0) is 18.6 Å². The van der Waals surface area contributed by atoms with Crippen LogP contribution < -0.4 is 5.73 Å². The molecule has 0 aliphatic heterocycles. The predicted molar refractivity (Wildman–Crippen MR) is 75.8 cm³/mol. The zero-order valence-electron chi connectivity index (χ0n) is 10.8. The first-order valence-electron chi connectivity index (χ1n) is 6.12. The highest BCUT2D eigenvalue weighted by Crippen LogP contribution is 2.24. The minimum Gasteiger partial charge on any atom is -0.466 e. The quantitative estimate of drug-likeness (QED) is 0.851. The van der Waals surface area contributed by atoms with Crippen molar-refractivity contribution in [3.63, 3.8) is 0 Å². The fourth-order valence-corrected chi connectivity index (χ4v) is 2.53. The molecule has 2 aromatic rings. The molecule has 1 aromatic carbocycles. The lowest BCUT2D eigenvalue weighted by Gasteiger charge is -2.00. The van der Waals surface area contributed by atoms with Crippen molar-refractivity contribution < 1.29 is 9.53 Å². The van der Waals surface area contributed by atoms with Crippen molar-refractivity contribution in [3.8, 4) is 10.6 Å². The topological polar surface area (TPSA) is 65.2 Å². The largest absolute Gasteiger partial charge is 0.466 e. The number of benzene rings is 1. The van der Waals surface area contributed by atoms with E-state index < -0.39 is 0 Å². The standard InChI is InChI=1S/C14H16N2O2S/c1-2-18-13(17)7-12-9-19-14(16-12)11-5-3-4-10(6-11)8-15/h3-6,9H,2,7-8,15H2,1H3. The lowest BCUT2D eigenvalue weighted by Crippen LogP contribution is -2.07. The molecule has 19 heavy (non-hydrogen) atoms. The summed E-state index contributed by atoms with van der Waals surface area (Å²) < 4.78 is 4.91. The summed E-state index contributed by atoms with van der Waals surface area (Å²) in [5.41, 5.74) is 8.47. The third-order valence-corrected chi connectivity index (χ3v) is 3.53. The Balaban J connectivity index is 2.13. The van der Waals surface area contributed by atoms with E-state index in [1.807, 2.05) is 29.6 Å². The number of rotatable bonds is 5. The Morgan fingerprint density at radius 2 is 2.32 bits per heavy atom.